The van der Waals surface area contributed by atoms with E-state index in [0.29, 0.717) is 17.5 Å². The largest absolute Gasteiger partial charge is 0.456 e. The SMILES string of the molecule is Cc1ccc(-c2nc(-c3ccc(-c4ccccc4)cc3)nc(-c3ccc4ccc5ccc6oc7ccccc7c6c5c4c3)n2)cc1. The van der Waals surface area contributed by atoms with Crippen molar-refractivity contribution in [2.24, 2.45) is 0 Å². The minimum absolute atomic E-state index is 0.635. The van der Waals surface area contributed by atoms with E-state index in [9.17, 15) is 0 Å². The molecule has 0 saturated heterocycles. The predicted molar refractivity (Wildman–Crippen MR) is 189 cm³/mol. The fourth-order valence-corrected chi connectivity index (χ4v) is 6.41. The predicted octanol–water partition coefficient (Wildman–Crippen LogP) is 11.1. The van der Waals surface area contributed by atoms with E-state index in [1.807, 2.05) is 18.2 Å². The summed E-state index contributed by atoms with van der Waals surface area (Å²) in [5.74, 6) is 1.92. The van der Waals surface area contributed by atoms with E-state index in [-0.39, 0.29) is 0 Å². The summed E-state index contributed by atoms with van der Waals surface area (Å²) in [5, 5.41) is 6.87. The quantitative estimate of drug-likeness (QED) is 0.192. The zero-order valence-corrected chi connectivity index (χ0v) is 25.1. The van der Waals surface area contributed by atoms with E-state index in [2.05, 4.69) is 134 Å². The summed E-state index contributed by atoms with van der Waals surface area (Å²) < 4.78 is 6.27. The summed E-state index contributed by atoms with van der Waals surface area (Å²) in [4.78, 5) is 15.1. The summed E-state index contributed by atoms with van der Waals surface area (Å²) in [6.45, 7) is 2.09. The molecule has 0 aliphatic heterocycles. The number of hydrogen-bond donors (Lipinski definition) is 0. The third kappa shape index (κ3) is 4.42. The molecular formula is C42H27N3O. The highest BCUT2D eigenvalue weighted by molar-refractivity contribution is 6.26. The summed E-state index contributed by atoms with van der Waals surface area (Å²) >= 11 is 0. The van der Waals surface area contributed by atoms with Crippen LogP contribution in [0.1, 0.15) is 5.56 Å². The lowest BCUT2D eigenvalue weighted by Gasteiger charge is -2.11. The molecule has 7 aromatic carbocycles. The number of para-hydroxylation sites is 1. The van der Waals surface area contributed by atoms with Crippen molar-refractivity contribution in [3.8, 4) is 45.3 Å². The molecule has 4 nitrogen and oxygen atoms in total. The van der Waals surface area contributed by atoms with Gasteiger partial charge in [0.05, 0.1) is 0 Å². The van der Waals surface area contributed by atoms with Gasteiger partial charge >= 0.3 is 0 Å². The molecule has 0 saturated carbocycles. The number of rotatable bonds is 4. The maximum Gasteiger partial charge on any atom is 0.164 e. The molecule has 0 radical (unpaired) electrons. The molecule has 2 aromatic heterocycles. The minimum Gasteiger partial charge on any atom is -0.456 e. The molecule has 0 N–H and O–H groups in total. The van der Waals surface area contributed by atoms with Crippen LogP contribution < -0.4 is 0 Å². The highest BCUT2D eigenvalue weighted by Gasteiger charge is 2.16. The smallest absolute Gasteiger partial charge is 0.164 e. The zero-order chi connectivity index (χ0) is 30.6. The third-order valence-corrected chi connectivity index (χ3v) is 8.79. The van der Waals surface area contributed by atoms with Crippen molar-refractivity contribution in [1.29, 1.82) is 0 Å². The van der Waals surface area contributed by atoms with Gasteiger partial charge in [-0.05, 0) is 52.4 Å². The Morgan fingerprint density at radius 1 is 0.391 bits per heavy atom. The van der Waals surface area contributed by atoms with E-state index < -0.39 is 0 Å². The highest BCUT2D eigenvalue weighted by atomic mass is 16.3. The summed E-state index contributed by atoms with van der Waals surface area (Å²) in [6, 6.07) is 50.5. The molecule has 0 aliphatic rings. The van der Waals surface area contributed by atoms with E-state index in [0.717, 1.165) is 55.0 Å². The Balaban J connectivity index is 1.25. The van der Waals surface area contributed by atoms with Gasteiger partial charge in [0.25, 0.3) is 0 Å². The molecule has 0 aliphatic carbocycles. The zero-order valence-electron chi connectivity index (χ0n) is 25.1. The Labute approximate surface area is 265 Å². The molecule has 46 heavy (non-hydrogen) atoms. The number of fused-ring (bicyclic) bond motifs is 7. The van der Waals surface area contributed by atoms with Gasteiger partial charge in [-0.2, -0.15) is 0 Å². The Morgan fingerprint density at radius 3 is 1.70 bits per heavy atom. The van der Waals surface area contributed by atoms with E-state index in [1.165, 1.54) is 21.9 Å². The van der Waals surface area contributed by atoms with Crippen LogP contribution in [0.2, 0.25) is 0 Å². The summed E-state index contributed by atoms with van der Waals surface area (Å²) in [6.07, 6.45) is 0. The molecule has 0 unspecified atom stereocenters. The van der Waals surface area contributed by atoms with Gasteiger partial charge in [-0.25, -0.2) is 15.0 Å². The second kappa shape index (κ2) is 10.5. The van der Waals surface area contributed by atoms with Crippen molar-refractivity contribution in [3.63, 3.8) is 0 Å². The first-order chi connectivity index (χ1) is 22.7. The van der Waals surface area contributed by atoms with Gasteiger partial charge in [0.15, 0.2) is 17.5 Å². The average Bonchev–Trinajstić information content (AvgIpc) is 3.51. The molecule has 2 heterocycles. The monoisotopic (exact) mass is 589 g/mol. The van der Waals surface area contributed by atoms with Crippen molar-refractivity contribution in [3.05, 3.63) is 151 Å². The molecule has 9 aromatic rings. The third-order valence-electron chi connectivity index (χ3n) is 8.79. The molecule has 0 bridgehead atoms. The van der Waals surface area contributed by atoms with Crippen LogP contribution in [0.5, 0.6) is 0 Å². The summed E-state index contributed by atoms with van der Waals surface area (Å²) in [7, 11) is 0. The van der Waals surface area contributed by atoms with Crippen LogP contribution in [-0.2, 0) is 0 Å². The van der Waals surface area contributed by atoms with Crippen molar-refractivity contribution in [1.82, 2.24) is 15.0 Å². The topological polar surface area (TPSA) is 51.8 Å². The first-order valence-electron chi connectivity index (χ1n) is 15.4. The average molecular weight is 590 g/mol. The van der Waals surface area contributed by atoms with Crippen molar-refractivity contribution in [2.45, 2.75) is 6.92 Å². The standard InChI is InChI=1S/C42H27N3O/c1-26-11-13-31(14-12-26)40-43-41(32-20-15-28(16-21-32)27-7-3-2-4-8-27)45-42(44-40)33-22-18-29-17-19-30-23-24-37-39(38(30)35(29)25-33)34-9-5-6-10-36(34)46-37/h2-25H,1H3. The molecule has 0 atom stereocenters. The van der Waals surface area contributed by atoms with Gasteiger partial charge in [0.1, 0.15) is 11.2 Å². The lowest BCUT2D eigenvalue weighted by atomic mass is 9.96. The number of furan rings is 1. The highest BCUT2D eigenvalue weighted by Crippen LogP contribution is 2.39. The Hall–Kier alpha value is -6.13. The van der Waals surface area contributed by atoms with E-state index >= 15 is 0 Å². The van der Waals surface area contributed by atoms with Gasteiger partial charge in [-0.15, -0.1) is 0 Å². The summed E-state index contributed by atoms with van der Waals surface area (Å²) in [5.41, 5.74) is 8.11. The fraction of sp³-hybridized carbons (Fsp3) is 0.0238. The molecule has 0 amide bonds. The van der Waals surface area contributed by atoms with Gasteiger partial charge < -0.3 is 4.42 Å². The normalized spacial score (nSPS) is 11.6. The molecular weight excluding hydrogens is 562 g/mol. The lowest BCUT2D eigenvalue weighted by Crippen LogP contribution is -2.00. The molecule has 0 spiro atoms. The van der Waals surface area contributed by atoms with Crippen LogP contribution in [0.3, 0.4) is 0 Å². The van der Waals surface area contributed by atoms with Crippen LogP contribution in [0.4, 0.5) is 0 Å². The molecule has 4 heteroatoms. The second-order valence-electron chi connectivity index (χ2n) is 11.8. The fourth-order valence-electron chi connectivity index (χ4n) is 6.41. The van der Waals surface area contributed by atoms with E-state index in [1.54, 1.807) is 0 Å². The van der Waals surface area contributed by atoms with Crippen LogP contribution >= 0.6 is 0 Å². The second-order valence-corrected chi connectivity index (χ2v) is 11.8. The molecule has 9 rings (SSSR count). The Kier molecular flexibility index (Phi) is 6.00. The van der Waals surface area contributed by atoms with Crippen LogP contribution in [-0.4, -0.2) is 15.0 Å². The minimum atomic E-state index is 0.635. The number of hydrogen-bond acceptors (Lipinski definition) is 4. The van der Waals surface area contributed by atoms with Gasteiger partial charge in [0.2, 0.25) is 0 Å². The number of aromatic nitrogens is 3. The van der Waals surface area contributed by atoms with Gasteiger partial charge in [0, 0.05) is 32.8 Å². The van der Waals surface area contributed by atoms with Crippen molar-refractivity contribution >= 4 is 43.5 Å². The van der Waals surface area contributed by atoms with E-state index in [4.69, 9.17) is 19.4 Å². The van der Waals surface area contributed by atoms with Gasteiger partial charge in [-0.3, -0.25) is 0 Å². The maximum absolute atomic E-state index is 6.27. The maximum atomic E-state index is 6.27. The number of nitrogens with zero attached hydrogens (tertiary/aromatic N) is 3. The Bertz CT molecular complexity index is 2570. The lowest BCUT2D eigenvalue weighted by molar-refractivity contribution is 0.669. The van der Waals surface area contributed by atoms with Crippen LogP contribution in [0.25, 0.3) is 88.8 Å². The van der Waals surface area contributed by atoms with Crippen molar-refractivity contribution in [2.75, 3.05) is 0 Å². The first-order valence-corrected chi connectivity index (χ1v) is 15.4. The molecule has 216 valence electrons. The van der Waals surface area contributed by atoms with Crippen LogP contribution in [0.15, 0.2) is 150 Å². The number of aryl methyl sites for hydroxylation is 1. The first kappa shape index (κ1) is 26.3. The van der Waals surface area contributed by atoms with Crippen LogP contribution in [0, 0.1) is 6.92 Å². The number of benzene rings is 7. The Morgan fingerprint density at radius 2 is 0.935 bits per heavy atom. The van der Waals surface area contributed by atoms with Crippen molar-refractivity contribution < 1.29 is 4.42 Å². The van der Waals surface area contributed by atoms with Gasteiger partial charge in [-0.1, -0.05) is 133 Å². The molecule has 0 fully saturated rings.